The molecule has 92 valence electrons. The fourth-order valence-electron chi connectivity index (χ4n) is 0.599. The molecule has 0 saturated heterocycles. The normalized spacial score (nSPS) is 10.3. The smallest absolute Gasteiger partial charge is 0.311 e. The highest BCUT2D eigenvalue weighted by Gasteiger charge is 2.04. The van der Waals surface area contributed by atoms with E-state index in [0.29, 0.717) is 6.61 Å². The standard InChI is InChI=1S/C9H14O7/c1-13-4-6-15-16-7-5-14-9(12)3-2-8(10)11/h5,7H,2-4,6H2,1H3,(H,10,11)/b7-5-. The van der Waals surface area contributed by atoms with Crippen LogP contribution in [0, 0.1) is 0 Å². The Bertz CT molecular complexity index is 236. The molecule has 0 bridgehead atoms. The van der Waals surface area contributed by atoms with Gasteiger partial charge in [0.15, 0.2) is 6.26 Å². The summed E-state index contributed by atoms with van der Waals surface area (Å²) in [6.45, 7) is 0.625. The van der Waals surface area contributed by atoms with Crippen LogP contribution < -0.4 is 0 Å². The van der Waals surface area contributed by atoms with Gasteiger partial charge in [-0.2, -0.15) is 4.89 Å². The highest BCUT2D eigenvalue weighted by atomic mass is 17.2. The lowest BCUT2D eigenvalue weighted by atomic mass is 10.3. The molecule has 0 heterocycles. The summed E-state index contributed by atoms with van der Waals surface area (Å²) < 4.78 is 9.15. The predicted molar refractivity (Wildman–Crippen MR) is 51.0 cm³/mol. The van der Waals surface area contributed by atoms with Crippen LogP contribution in [-0.2, 0) is 28.8 Å². The van der Waals surface area contributed by atoms with E-state index in [2.05, 4.69) is 19.2 Å². The first-order valence-electron chi connectivity index (χ1n) is 4.50. The van der Waals surface area contributed by atoms with Crippen molar-refractivity contribution in [1.82, 2.24) is 0 Å². The SMILES string of the molecule is COCCOO/C=C\OC(=O)CCC(=O)O. The van der Waals surface area contributed by atoms with E-state index >= 15 is 0 Å². The Morgan fingerprint density at radius 2 is 1.94 bits per heavy atom. The second-order valence-electron chi connectivity index (χ2n) is 2.57. The van der Waals surface area contributed by atoms with Gasteiger partial charge in [0.2, 0.25) is 0 Å². The number of hydrogen-bond donors (Lipinski definition) is 1. The van der Waals surface area contributed by atoms with Crippen LogP contribution in [0.25, 0.3) is 0 Å². The quantitative estimate of drug-likeness (QED) is 0.204. The summed E-state index contributed by atoms with van der Waals surface area (Å²) in [6.07, 6.45) is 1.54. The second kappa shape index (κ2) is 9.94. The zero-order valence-electron chi connectivity index (χ0n) is 8.88. The van der Waals surface area contributed by atoms with E-state index in [4.69, 9.17) is 5.11 Å². The molecule has 0 rings (SSSR count). The molecular formula is C9H14O7. The maximum Gasteiger partial charge on any atom is 0.311 e. The average Bonchev–Trinajstić information content (AvgIpc) is 2.25. The van der Waals surface area contributed by atoms with Crippen LogP contribution in [0.1, 0.15) is 12.8 Å². The fourth-order valence-corrected chi connectivity index (χ4v) is 0.599. The van der Waals surface area contributed by atoms with Gasteiger partial charge in [-0.3, -0.25) is 9.59 Å². The van der Waals surface area contributed by atoms with Crippen LogP contribution in [0.2, 0.25) is 0 Å². The van der Waals surface area contributed by atoms with Gasteiger partial charge in [-0.25, -0.2) is 0 Å². The number of rotatable bonds is 9. The molecule has 0 fully saturated rings. The minimum Gasteiger partial charge on any atom is -0.481 e. The van der Waals surface area contributed by atoms with Crippen molar-refractivity contribution in [2.24, 2.45) is 0 Å². The van der Waals surface area contributed by atoms with E-state index in [1.54, 1.807) is 0 Å². The summed E-state index contributed by atoms with van der Waals surface area (Å²) in [5.74, 6) is -1.71. The fraction of sp³-hybridized carbons (Fsp3) is 0.556. The number of carbonyl (C=O) groups excluding carboxylic acids is 1. The summed E-state index contributed by atoms with van der Waals surface area (Å²) in [6, 6.07) is 0. The number of aliphatic carboxylic acids is 1. The molecule has 0 spiro atoms. The summed E-state index contributed by atoms with van der Waals surface area (Å²) >= 11 is 0. The minimum atomic E-state index is -1.06. The average molecular weight is 234 g/mol. The zero-order chi connectivity index (χ0) is 12.2. The van der Waals surface area contributed by atoms with Crippen LogP contribution in [0.3, 0.4) is 0 Å². The van der Waals surface area contributed by atoms with Gasteiger partial charge < -0.3 is 19.5 Å². The van der Waals surface area contributed by atoms with E-state index in [9.17, 15) is 9.59 Å². The van der Waals surface area contributed by atoms with Gasteiger partial charge in [-0.1, -0.05) is 0 Å². The van der Waals surface area contributed by atoms with Crippen molar-refractivity contribution in [2.75, 3.05) is 20.3 Å². The van der Waals surface area contributed by atoms with E-state index in [0.717, 1.165) is 12.5 Å². The van der Waals surface area contributed by atoms with Crippen molar-refractivity contribution >= 4 is 11.9 Å². The lowest BCUT2D eigenvalue weighted by molar-refractivity contribution is -0.255. The molecule has 1 N–H and O–H groups in total. The van der Waals surface area contributed by atoms with Crippen molar-refractivity contribution in [1.29, 1.82) is 0 Å². The topological polar surface area (TPSA) is 91.3 Å². The maximum atomic E-state index is 10.8. The Hall–Kier alpha value is -1.60. The number of hydrogen-bond acceptors (Lipinski definition) is 6. The Balaban J connectivity index is 3.37. The Kier molecular flexibility index (Phi) is 8.94. The number of carbonyl (C=O) groups is 2. The second-order valence-corrected chi connectivity index (χ2v) is 2.57. The van der Waals surface area contributed by atoms with Crippen LogP contribution in [0.4, 0.5) is 0 Å². The number of carboxylic acid groups (broad SMARTS) is 1. The lowest BCUT2D eigenvalue weighted by Crippen LogP contribution is -2.04. The summed E-state index contributed by atoms with van der Waals surface area (Å²) in [4.78, 5) is 29.9. The third kappa shape index (κ3) is 10.5. The summed E-state index contributed by atoms with van der Waals surface area (Å²) in [5.41, 5.74) is 0. The molecule has 0 atom stereocenters. The van der Waals surface area contributed by atoms with Gasteiger partial charge in [0.1, 0.15) is 12.9 Å². The molecule has 0 radical (unpaired) electrons. The summed E-state index contributed by atoms with van der Waals surface area (Å²) in [7, 11) is 1.52. The van der Waals surface area contributed by atoms with Crippen molar-refractivity contribution in [3.05, 3.63) is 12.5 Å². The van der Waals surface area contributed by atoms with E-state index in [1.165, 1.54) is 7.11 Å². The van der Waals surface area contributed by atoms with Crippen molar-refractivity contribution in [3.63, 3.8) is 0 Å². The van der Waals surface area contributed by atoms with Crippen molar-refractivity contribution in [2.45, 2.75) is 12.8 Å². The molecule has 0 aliphatic carbocycles. The van der Waals surface area contributed by atoms with Crippen LogP contribution in [0.15, 0.2) is 12.5 Å². The first-order valence-corrected chi connectivity index (χ1v) is 4.50. The van der Waals surface area contributed by atoms with Gasteiger partial charge in [0, 0.05) is 7.11 Å². The molecule has 0 aliphatic rings. The Morgan fingerprint density at radius 1 is 1.19 bits per heavy atom. The van der Waals surface area contributed by atoms with Crippen molar-refractivity contribution in [3.8, 4) is 0 Å². The molecule has 7 nitrogen and oxygen atoms in total. The molecule has 0 amide bonds. The van der Waals surface area contributed by atoms with E-state index in [-0.39, 0.29) is 19.4 Å². The van der Waals surface area contributed by atoms with Gasteiger partial charge in [-0.15, -0.1) is 0 Å². The molecular weight excluding hydrogens is 220 g/mol. The number of carboxylic acids is 1. The third-order valence-electron chi connectivity index (χ3n) is 1.29. The largest absolute Gasteiger partial charge is 0.481 e. The highest BCUT2D eigenvalue weighted by molar-refractivity contribution is 5.76. The van der Waals surface area contributed by atoms with Gasteiger partial charge >= 0.3 is 11.9 Å². The van der Waals surface area contributed by atoms with E-state index < -0.39 is 11.9 Å². The molecule has 0 aromatic heterocycles. The molecule has 0 aromatic carbocycles. The first kappa shape index (κ1) is 14.4. The number of ether oxygens (including phenoxy) is 2. The molecule has 0 aromatic rings. The third-order valence-corrected chi connectivity index (χ3v) is 1.29. The molecule has 7 heteroatoms. The van der Waals surface area contributed by atoms with Gasteiger partial charge in [-0.05, 0) is 0 Å². The Morgan fingerprint density at radius 3 is 2.56 bits per heavy atom. The molecule has 0 unspecified atom stereocenters. The van der Waals surface area contributed by atoms with Gasteiger partial charge in [0.05, 0.1) is 19.4 Å². The first-order chi connectivity index (χ1) is 7.66. The molecule has 0 saturated carbocycles. The Labute approximate surface area is 92.5 Å². The van der Waals surface area contributed by atoms with E-state index in [1.807, 2.05) is 0 Å². The highest BCUT2D eigenvalue weighted by Crippen LogP contribution is 1.93. The van der Waals surface area contributed by atoms with Gasteiger partial charge in [0.25, 0.3) is 0 Å². The molecule has 16 heavy (non-hydrogen) atoms. The van der Waals surface area contributed by atoms with Crippen LogP contribution >= 0.6 is 0 Å². The van der Waals surface area contributed by atoms with Crippen molar-refractivity contribution < 1.29 is 33.9 Å². The number of methoxy groups -OCH3 is 1. The lowest BCUT2D eigenvalue weighted by Gasteiger charge is -1.99. The maximum absolute atomic E-state index is 10.8. The zero-order valence-corrected chi connectivity index (χ0v) is 8.88. The molecule has 0 aliphatic heterocycles. The van der Waals surface area contributed by atoms with Crippen LogP contribution in [0.5, 0.6) is 0 Å². The minimum absolute atomic E-state index is 0.190. The number of esters is 1. The monoisotopic (exact) mass is 234 g/mol. The summed E-state index contributed by atoms with van der Waals surface area (Å²) in [5, 5.41) is 8.27. The van der Waals surface area contributed by atoms with Crippen LogP contribution in [-0.4, -0.2) is 37.4 Å². The predicted octanol–water partition coefficient (Wildman–Crippen LogP) is 0.460.